The van der Waals surface area contributed by atoms with Crippen molar-refractivity contribution in [3.63, 3.8) is 0 Å². The van der Waals surface area contributed by atoms with E-state index >= 15 is 0 Å². The minimum Gasteiger partial charge on any atom is -0.320 e. The summed E-state index contributed by atoms with van der Waals surface area (Å²) < 4.78 is 11.0. The molecule has 1 aromatic rings. The molecule has 0 aliphatic heterocycles. The van der Waals surface area contributed by atoms with Crippen molar-refractivity contribution in [3.05, 3.63) is 29.0 Å². The summed E-state index contributed by atoms with van der Waals surface area (Å²) in [6.45, 7) is 0. The van der Waals surface area contributed by atoms with Crippen molar-refractivity contribution < 1.29 is 9.18 Å². The van der Waals surface area contributed by atoms with Gasteiger partial charge in [-0.3, -0.25) is 4.79 Å². The van der Waals surface area contributed by atoms with Crippen LogP contribution in [0.5, 0.6) is 0 Å². The number of amides is 1. The molecule has 0 unspecified atom stereocenters. The van der Waals surface area contributed by atoms with Gasteiger partial charge in [0, 0.05) is 5.02 Å². The van der Waals surface area contributed by atoms with Crippen LogP contribution in [0.2, 0.25) is 5.02 Å². The van der Waals surface area contributed by atoms with Crippen LogP contribution in [0.25, 0.3) is 0 Å². The van der Waals surface area contributed by atoms with Crippen molar-refractivity contribution >= 4 is 58.0 Å². The number of halogens is 5. The Kier molecular flexibility index (Phi) is 4.06. The van der Waals surface area contributed by atoms with Gasteiger partial charge in [0.1, 0.15) is 5.82 Å². The van der Waals surface area contributed by atoms with E-state index in [0.717, 1.165) is 6.07 Å². The Morgan fingerprint density at radius 1 is 1.33 bits per heavy atom. The summed E-state index contributed by atoms with van der Waals surface area (Å²) in [5.74, 6) is -1.64. The fraction of sp³-hybridized carbons (Fsp3) is 0.125. The zero-order chi connectivity index (χ0) is 11.6. The second kappa shape index (κ2) is 4.74. The number of anilines is 1. The lowest BCUT2D eigenvalue weighted by atomic mass is 10.3. The molecule has 1 aromatic carbocycles. The van der Waals surface area contributed by atoms with Gasteiger partial charge in [0.25, 0.3) is 9.70 Å². The van der Waals surface area contributed by atoms with Crippen molar-refractivity contribution in [3.8, 4) is 0 Å². The highest BCUT2D eigenvalue weighted by molar-refractivity contribution is 6.76. The van der Waals surface area contributed by atoms with Gasteiger partial charge in [0.15, 0.2) is 0 Å². The van der Waals surface area contributed by atoms with Crippen LogP contribution < -0.4 is 5.32 Å². The van der Waals surface area contributed by atoms with Gasteiger partial charge in [-0.15, -0.1) is 0 Å². The number of rotatable bonds is 1. The molecule has 0 bridgehead atoms. The molecule has 0 aliphatic carbocycles. The molecule has 0 radical (unpaired) electrons. The van der Waals surface area contributed by atoms with E-state index in [1.54, 1.807) is 0 Å². The van der Waals surface area contributed by atoms with Crippen LogP contribution >= 0.6 is 46.4 Å². The molecule has 0 atom stereocenters. The molecule has 1 N–H and O–H groups in total. The summed E-state index contributed by atoms with van der Waals surface area (Å²) in [7, 11) is 0. The molecule has 0 fully saturated rings. The summed E-state index contributed by atoms with van der Waals surface area (Å²) in [6, 6.07) is 3.71. The van der Waals surface area contributed by atoms with E-state index in [9.17, 15) is 9.18 Å². The van der Waals surface area contributed by atoms with Gasteiger partial charge in [-0.05, 0) is 18.2 Å². The van der Waals surface area contributed by atoms with Crippen molar-refractivity contribution in [2.24, 2.45) is 0 Å². The summed E-state index contributed by atoms with van der Waals surface area (Å²) in [4.78, 5) is 11.2. The van der Waals surface area contributed by atoms with Gasteiger partial charge in [0.2, 0.25) is 0 Å². The number of nitrogens with one attached hydrogen (secondary N) is 1. The van der Waals surface area contributed by atoms with Crippen LogP contribution in [0, 0.1) is 5.82 Å². The van der Waals surface area contributed by atoms with E-state index in [4.69, 9.17) is 46.4 Å². The van der Waals surface area contributed by atoms with Crippen molar-refractivity contribution in [1.82, 2.24) is 0 Å². The molecule has 0 saturated heterocycles. The third kappa shape index (κ3) is 3.68. The number of hydrogen-bond donors (Lipinski definition) is 1. The van der Waals surface area contributed by atoms with Crippen molar-refractivity contribution in [2.75, 3.05) is 5.32 Å². The Labute approximate surface area is 105 Å². The quantitative estimate of drug-likeness (QED) is 0.784. The van der Waals surface area contributed by atoms with Crippen molar-refractivity contribution in [2.45, 2.75) is 3.79 Å². The van der Waals surface area contributed by atoms with Gasteiger partial charge in [-0.1, -0.05) is 46.4 Å². The van der Waals surface area contributed by atoms with Gasteiger partial charge < -0.3 is 5.32 Å². The maximum atomic E-state index is 13.2. The highest BCUT2D eigenvalue weighted by atomic mass is 35.6. The molecular formula is C8H4Cl4FNO. The molecule has 1 amide bonds. The first-order valence-corrected chi connectivity index (χ1v) is 5.15. The molecule has 0 aromatic heterocycles. The minimum atomic E-state index is -2.13. The Morgan fingerprint density at radius 2 is 1.93 bits per heavy atom. The van der Waals surface area contributed by atoms with Crippen LogP contribution in [0.15, 0.2) is 18.2 Å². The van der Waals surface area contributed by atoms with Crippen LogP contribution in [-0.2, 0) is 4.79 Å². The first-order chi connectivity index (χ1) is 6.80. The maximum absolute atomic E-state index is 13.2. The lowest BCUT2D eigenvalue weighted by Crippen LogP contribution is -2.27. The fourth-order valence-corrected chi connectivity index (χ4v) is 1.08. The summed E-state index contributed by atoms with van der Waals surface area (Å²) in [6.07, 6.45) is 0. The summed E-state index contributed by atoms with van der Waals surface area (Å²) >= 11 is 21.4. The van der Waals surface area contributed by atoms with Gasteiger partial charge >= 0.3 is 0 Å². The lowest BCUT2D eigenvalue weighted by Gasteiger charge is -2.11. The topological polar surface area (TPSA) is 29.1 Å². The van der Waals surface area contributed by atoms with Crippen molar-refractivity contribution in [1.29, 1.82) is 0 Å². The second-order valence-corrected chi connectivity index (χ2v) is 5.29. The van der Waals surface area contributed by atoms with E-state index in [-0.39, 0.29) is 10.7 Å². The maximum Gasteiger partial charge on any atom is 0.276 e. The number of carbonyl (C=O) groups is 1. The molecule has 15 heavy (non-hydrogen) atoms. The predicted molar refractivity (Wildman–Crippen MR) is 60.3 cm³/mol. The molecule has 1 rings (SSSR count). The predicted octanol–water partition coefficient (Wildman–Crippen LogP) is 3.79. The van der Waals surface area contributed by atoms with Crippen LogP contribution in [0.3, 0.4) is 0 Å². The molecule has 2 nitrogen and oxygen atoms in total. The number of alkyl halides is 3. The SMILES string of the molecule is O=C(Nc1ccc(Cl)cc1F)C(Cl)(Cl)Cl. The van der Waals surface area contributed by atoms with Crippen LogP contribution in [0.4, 0.5) is 10.1 Å². The largest absolute Gasteiger partial charge is 0.320 e. The molecule has 0 saturated carbocycles. The Bertz CT molecular complexity index is 391. The minimum absolute atomic E-state index is 0.101. The highest BCUT2D eigenvalue weighted by Gasteiger charge is 2.31. The first-order valence-electron chi connectivity index (χ1n) is 3.64. The molecule has 0 aliphatic rings. The normalized spacial score (nSPS) is 11.3. The molecule has 7 heteroatoms. The zero-order valence-electron chi connectivity index (χ0n) is 7.03. The Balaban J connectivity index is 2.87. The third-order valence-corrected chi connectivity index (χ3v) is 2.19. The second-order valence-electron chi connectivity index (χ2n) is 2.58. The van der Waals surface area contributed by atoms with E-state index in [2.05, 4.69) is 5.32 Å². The monoisotopic (exact) mass is 289 g/mol. The highest BCUT2D eigenvalue weighted by Crippen LogP contribution is 2.28. The summed E-state index contributed by atoms with van der Waals surface area (Å²) in [5, 5.41) is 2.32. The van der Waals surface area contributed by atoms with E-state index in [1.807, 2.05) is 0 Å². The Morgan fingerprint density at radius 3 is 2.40 bits per heavy atom. The van der Waals surface area contributed by atoms with E-state index in [1.165, 1.54) is 12.1 Å². The molecule has 0 spiro atoms. The lowest BCUT2D eigenvalue weighted by molar-refractivity contribution is -0.115. The van der Waals surface area contributed by atoms with Crippen LogP contribution in [0.1, 0.15) is 0 Å². The summed E-state index contributed by atoms with van der Waals surface area (Å²) in [5.41, 5.74) is -0.101. The van der Waals surface area contributed by atoms with Gasteiger partial charge in [-0.2, -0.15) is 0 Å². The number of carbonyl (C=O) groups excluding carboxylic acids is 1. The molecule has 0 heterocycles. The molecule has 82 valence electrons. The smallest absolute Gasteiger partial charge is 0.276 e. The van der Waals surface area contributed by atoms with Gasteiger partial charge in [0.05, 0.1) is 5.69 Å². The average Bonchev–Trinajstić information content (AvgIpc) is 2.08. The number of hydrogen-bond acceptors (Lipinski definition) is 1. The van der Waals surface area contributed by atoms with E-state index < -0.39 is 15.5 Å². The fourth-order valence-electron chi connectivity index (χ4n) is 0.784. The van der Waals surface area contributed by atoms with Crippen LogP contribution in [-0.4, -0.2) is 9.70 Å². The first kappa shape index (κ1) is 12.8. The third-order valence-electron chi connectivity index (χ3n) is 1.44. The number of benzene rings is 1. The Hall–Kier alpha value is -0.220. The van der Waals surface area contributed by atoms with Gasteiger partial charge in [-0.25, -0.2) is 4.39 Å². The standard InChI is InChI=1S/C8H4Cl4FNO/c9-4-1-2-6(5(13)3-4)14-7(15)8(10,11)12/h1-3H,(H,14,15). The van der Waals surface area contributed by atoms with E-state index in [0.29, 0.717) is 0 Å². The molecular weight excluding hydrogens is 287 g/mol. The average molecular weight is 291 g/mol. The zero-order valence-corrected chi connectivity index (χ0v) is 10.1.